The molecule has 6 heteroatoms. The summed E-state index contributed by atoms with van der Waals surface area (Å²) in [6, 6.07) is 15.9. The van der Waals surface area contributed by atoms with Gasteiger partial charge in [-0.2, -0.15) is 5.26 Å². The molecule has 0 saturated heterocycles. The Morgan fingerprint density at radius 3 is 2.85 bits per heavy atom. The number of rotatable bonds is 7. The van der Waals surface area contributed by atoms with Crippen molar-refractivity contribution in [2.24, 2.45) is 5.92 Å². The van der Waals surface area contributed by atoms with Crippen LogP contribution in [0.3, 0.4) is 0 Å². The molecule has 174 valence electrons. The summed E-state index contributed by atoms with van der Waals surface area (Å²) in [6.45, 7) is 4.73. The van der Waals surface area contributed by atoms with Crippen molar-refractivity contribution in [1.29, 1.82) is 5.26 Å². The predicted molar refractivity (Wildman–Crippen MR) is 136 cm³/mol. The topological polar surface area (TPSA) is 71.3 Å². The van der Waals surface area contributed by atoms with E-state index < -0.39 is 0 Å². The van der Waals surface area contributed by atoms with Crippen molar-refractivity contribution in [3.8, 4) is 17.6 Å². The van der Waals surface area contributed by atoms with Crippen LogP contribution in [-0.2, 0) is 24.2 Å². The molecule has 0 spiro atoms. The molecule has 1 aromatic heterocycles. The molecule has 1 heterocycles. The first-order valence-corrected chi connectivity index (χ1v) is 12.2. The number of anilines is 1. The van der Waals surface area contributed by atoms with Gasteiger partial charge in [0.2, 0.25) is 5.91 Å². The molecule has 4 rings (SSSR count). The number of nitrogens with one attached hydrogen (secondary N) is 1. The van der Waals surface area contributed by atoms with Gasteiger partial charge in [0.1, 0.15) is 17.7 Å². The average Bonchev–Trinajstić information content (AvgIpc) is 3.18. The minimum Gasteiger partial charge on any atom is -0.493 e. The van der Waals surface area contributed by atoms with E-state index in [0.717, 1.165) is 36.0 Å². The van der Waals surface area contributed by atoms with Gasteiger partial charge in [-0.05, 0) is 72.6 Å². The molecule has 1 N–H and O–H groups in total. The number of ether oxygens (including phenoxy) is 2. The lowest BCUT2D eigenvalue weighted by molar-refractivity contribution is -0.111. The lowest BCUT2D eigenvalue weighted by atomic mass is 9.89. The maximum atomic E-state index is 12.6. The second-order valence-corrected chi connectivity index (χ2v) is 9.72. The summed E-state index contributed by atoms with van der Waals surface area (Å²) in [5, 5.41) is 13.2. The van der Waals surface area contributed by atoms with Crippen LogP contribution < -0.4 is 14.8 Å². The summed E-state index contributed by atoms with van der Waals surface area (Å²) < 4.78 is 11.5. The smallest absolute Gasteiger partial charge is 0.249 e. The highest BCUT2D eigenvalue weighted by molar-refractivity contribution is 7.16. The van der Waals surface area contributed by atoms with E-state index in [1.165, 1.54) is 27.9 Å². The lowest BCUT2D eigenvalue weighted by Crippen LogP contribution is -2.10. The molecular formula is C28H28N2O3S. The molecule has 3 aromatic rings. The van der Waals surface area contributed by atoms with Gasteiger partial charge >= 0.3 is 0 Å². The third-order valence-electron chi connectivity index (χ3n) is 6.12. The number of thiophene rings is 1. The van der Waals surface area contributed by atoms with E-state index in [0.29, 0.717) is 34.6 Å². The number of hydrogen-bond acceptors (Lipinski definition) is 5. The van der Waals surface area contributed by atoms with Crippen molar-refractivity contribution in [1.82, 2.24) is 0 Å². The number of nitriles is 1. The largest absolute Gasteiger partial charge is 0.493 e. The fourth-order valence-corrected chi connectivity index (χ4v) is 5.48. The molecule has 0 fully saturated rings. The molecule has 1 aliphatic carbocycles. The zero-order valence-corrected chi connectivity index (χ0v) is 20.5. The van der Waals surface area contributed by atoms with E-state index in [1.807, 2.05) is 36.4 Å². The normalized spacial score (nSPS) is 14.9. The molecule has 5 nitrogen and oxygen atoms in total. The fraction of sp³-hybridized carbons (Fsp3) is 0.286. The van der Waals surface area contributed by atoms with Crippen LogP contribution in [0.1, 0.15) is 46.0 Å². The summed E-state index contributed by atoms with van der Waals surface area (Å²) in [5.41, 5.74) is 4.83. The van der Waals surface area contributed by atoms with Crippen LogP contribution in [-0.4, -0.2) is 13.0 Å². The van der Waals surface area contributed by atoms with Crippen LogP contribution in [0.15, 0.2) is 48.5 Å². The number of nitrogens with zero attached hydrogens (tertiary/aromatic N) is 1. The number of methoxy groups -OCH3 is 1. The number of hydrogen-bond donors (Lipinski definition) is 1. The zero-order chi connectivity index (χ0) is 24.1. The van der Waals surface area contributed by atoms with Crippen molar-refractivity contribution >= 4 is 28.3 Å². The van der Waals surface area contributed by atoms with Gasteiger partial charge in [0, 0.05) is 11.0 Å². The highest BCUT2D eigenvalue weighted by Crippen LogP contribution is 2.39. The van der Waals surface area contributed by atoms with E-state index in [9.17, 15) is 10.1 Å². The van der Waals surface area contributed by atoms with Gasteiger partial charge in [-0.1, -0.05) is 37.3 Å². The van der Waals surface area contributed by atoms with Crippen molar-refractivity contribution in [2.45, 2.75) is 39.7 Å². The highest BCUT2D eigenvalue weighted by Gasteiger charge is 2.24. The van der Waals surface area contributed by atoms with Gasteiger partial charge in [-0.3, -0.25) is 4.79 Å². The lowest BCUT2D eigenvalue weighted by Gasteiger charge is -2.17. The van der Waals surface area contributed by atoms with Crippen molar-refractivity contribution in [3.63, 3.8) is 0 Å². The molecule has 0 radical (unpaired) electrons. The van der Waals surface area contributed by atoms with Crippen LogP contribution in [0, 0.1) is 24.2 Å². The van der Waals surface area contributed by atoms with Gasteiger partial charge in [0.25, 0.3) is 0 Å². The zero-order valence-electron chi connectivity index (χ0n) is 19.7. The molecule has 0 saturated carbocycles. The van der Waals surface area contributed by atoms with Crippen LogP contribution in [0.4, 0.5) is 5.00 Å². The Labute approximate surface area is 204 Å². The first kappa shape index (κ1) is 23.6. The number of carbonyl (C=O) groups excluding carboxylic acids is 1. The van der Waals surface area contributed by atoms with E-state index >= 15 is 0 Å². The molecule has 1 aliphatic rings. The summed E-state index contributed by atoms with van der Waals surface area (Å²) in [6.07, 6.45) is 6.16. The van der Waals surface area contributed by atoms with Crippen LogP contribution in [0.5, 0.6) is 11.5 Å². The Morgan fingerprint density at radius 2 is 2.09 bits per heavy atom. The molecule has 1 unspecified atom stereocenters. The summed E-state index contributed by atoms with van der Waals surface area (Å²) >= 11 is 1.53. The van der Waals surface area contributed by atoms with Crippen LogP contribution in [0.2, 0.25) is 0 Å². The van der Waals surface area contributed by atoms with Gasteiger partial charge in [-0.15, -0.1) is 11.3 Å². The first-order valence-electron chi connectivity index (χ1n) is 11.4. The van der Waals surface area contributed by atoms with E-state index in [-0.39, 0.29) is 5.91 Å². The Bertz CT molecular complexity index is 1270. The maximum absolute atomic E-state index is 12.6. The highest BCUT2D eigenvalue weighted by atomic mass is 32.1. The first-order chi connectivity index (χ1) is 16.5. The number of carbonyl (C=O) groups is 1. The van der Waals surface area contributed by atoms with Crippen molar-refractivity contribution in [3.05, 3.63) is 81.2 Å². The minimum absolute atomic E-state index is 0.262. The average molecular weight is 473 g/mol. The fourth-order valence-electron chi connectivity index (χ4n) is 4.12. The Hall–Kier alpha value is -3.56. The van der Waals surface area contributed by atoms with Crippen molar-refractivity contribution in [2.75, 3.05) is 12.4 Å². The second kappa shape index (κ2) is 10.6. The minimum atomic E-state index is -0.262. The summed E-state index contributed by atoms with van der Waals surface area (Å²) in [5.74, 6) is 1.59. The quantitative estimate of drug-likeness (QED) is 0.410. The summed E-state index contributed by atoms with van der Waals surface area (Å²) in [4.78, 5) is 13.8. The van der Waals surface area contributed by atoms with E-state index in [4.69, 9.17) is 9.47 Å². The Balaban J connectivity index is 1.43. The molecule has 34 heavy (non-hydrogen) atoms. The SMILES string of the molecule is COc1cc(/C=C/C(=O)Nc2sc3c(c2C#N)CCC(C)C3)ccc1OCc1ccccc1C. The molecule has 1 amide bonds. The van der Waals surface area contributed by atoms with Gasteiger partial charge in [-0.25, -0.2) is 0 Å². The van der Waals surface area contributed by atoms with Gasteiger partial charge in [0.05, 0.1) is 12.7 Å². The predicted octanol–water partition coefficient (Wildman–Crippen LogP) is 6.29. The Morgan fingerprint density at radius 1 is 1.26 bits per heavy atom. The molecule has 0 bridgehead atoms. The molecule has 2 aromatic carbocycles. The monoisotopic (exact) mass is 472 g/mol. The summed E-state index contributed by atoms with van der Waals surface area (Å²) in [7, 11) is 1.60. The second-order valence-electron chi connectivity index (χ2n) is 8.62. The van der Waals surface area contributed by atoms with Crippen molar-refractivity contribution < 1.29 is 14.3 Å². The standard InChI is InChI=1S/C28H28N2O3S/c1-18-8-11-22-23(16-29)28(34-26(22)14-18)30-27(31)13-10-20-9-12-24(25(15-20)32-3)33-17-21-7-5-4-6-19(21)2/h4-7,9-10,12-13,15,18H,8,11,14,17H2,1-3H3,(H,30,31)/b13-10+. The van der Waals surface area contributed by atoms with Crippen LogP contribution in [0.25, 0.3) is 6.08 Å². The third-order valence-corrected chi connectivity index (χ3v) is 7.29. The molecule has 0 aliphatic heterocycles. The maximum Gasteiger partial charge on any atom is 0.249 e. The molecular weight excluding hydrogens is 444 g/mol. The van der Waals surface area contributed by atoms with E-state index in [1.54, 1.807) is 13.2 Å². The number of fused-ring (bicyclic) bond motifs is 1. The molecule has 1 atom stereocenters. The van der Waals surface area contributed by atoms with Gasteiger partial charge < -0.3 is 14.8 Å². The number of benzene rings is 2. The van der Waals surface area contributed by atoms with E-state index in [2.05, 4.69) is 31.3 Å². The number of aryl methyl sites for hydroxylation is 1. The van der Waals surface area contributed by atoms with Gasteiger partial charge in [0.15, 0.2) is 11.5 Å². The van der Waals surface area contributed by atoms with Crippen LogP contribution >= 0.6 is 11.3 Å². The Kier molecular flexibility index (Phi) is 7.34. The third kappa shape index (κ3) is 5.32. The number of amides is 1.